The zero-order chi connectivity index (χ0) is 14.3. The number of nitrogens with one attached hydrogen (secondary N) is 1. The second kappa shape index (κ2) is 4.78. The Labute approximate surface area is 117 Å². The number of rotatable bonds is 3. The van der Waals surface area contributed by atoms with Gasteiger partial charge in [-0.15, -0.1) is 0 Å². The summed E-state index contributed by atoms with van der Waals surface area (Å²) in [5.74, 6) is -2.03. The van der Waals surface area contributed by atoms with Crippen LogP contribution in [0.5, 0.6) is 0 Å². The minimum absolute atomic E-state index is 0.00533. The molecule has 3 rings (SSSR count). The maximum absolute atomic E-state index is 12.4. The van der Waals surface area contributed by atoms with E-state index in [-0.39, 0.29) is 17.7 Å². The summed E-state index contributed by atoms with van der Waals surface area (Å²) < 4.78 is 0. The molecule has 0 radical (unpaired) electrons. The van der Waals surface area contributed by atoms with Gasteiger partial charge in [-0.25, -0.2) is 0 Å². The third-order valence-electron chi connectivity index (χ3n) is 4.33. The summed E-state index contributed by atoms with van der Waals surface area (Å²) in [5, 5.41) is 12.2. The van der Waals surface area contributed by atoms with E-state index in [2.05, 4.69) is 5.32 Å². The number of aliphatic carboxylic acids is 1. The number of hydrogen-bond donors (Lipinski definition) is 2. The molecule has 1 fully saturated rings. The van der Waals surface area contributed by atoms with E-state index in [0.717, 1.165) is 17.7 Å². The van der Waals surface area contributed by atoms with Crippen LogP contribution < -0.4 is 5.32 Å². The van der Waals surface area contributed by atoms with Crippen LogP contribution in [0.25, 0.3) is 0 Å². The Balaban J connectivity index is 1.80. The van der Waals surface area contributed by atoms with Crippen LogP contribution in [0.3, 0.4) is 0 Å². The van der Waals surface area contributed by atoms with Crippen LogP contribution >= 0.6 is 0 Å². The third-order valence-corrected chi connectivity index (χ3v) is 4.33. The summed E-state index contributed by atoms with van der Waals surface area (Å²) in [5.41, 5.74) is 1.79. The summed E-state index contributed by atoms with van der Waals surface area (Å²) in [6, 6.07) is 7.54. The SMILES string of the molecule is Cc1cccc(NC(=O)[C@@H]2[C@@H](C(=O)O)[C@@H]3C=C[C@H]2C3)c1. The van der Waals surface area contributed by atoms with Crippen LogP contribution in [0.4, 0.5) is 5.69 Å². The fourth-order valence-corrected chi connectivity index (χ4v) is 3.46. The highest BCUT2D eigenvalue weighted by molar-refractivity contribution is 5.96. The van der Waals surface area contributed by atoms with E-state index < -0.39 is 17.8 Å². The summed E-state index contributed by atoms with van der Waals surface area (Å²) in [4.78, 5) is 23.8. The van der Waals surface area contributed by atoms with Crippen molar-refractivity contribution in [1.29, 1.82) is 0 Å². The number of hydrogen-bond acceptors (Lipinski definition) is 2. The van der Waals surface area contributed by atoms with Crippen LogP contribution in [0.2, 0.25) is 0 Å². The van der Waals surface area contributed by atoms with E-state index in [4.69, 9.17) is 0 Å². The number of allylic oxidation sites excluding steroid dienone is 2. The van der Waals surface area contributed by atoms with E-state index in [1.165, 1.54) is 0 Å². The highest BCUT2D eigenvalue weighted by Crippen LogP contribution is 2.48. The zero-order valence-corrected chi connectivity index (χ0v) is 11.2. The van der Waals surface area contributed by atoms with Gasteiger partial charge in [0.25, 0.3) is 0 Å². The number of amides is 1. The molecule has 4 heteroatoms. The van der Waals surface area contributed by atoms with Gasteiger partial charge in [0.1, 0.15) is 0 Å². The third kappa shape index (κ3) is 2.11. The molecule has 0 spiro atoms. The minimum atomic E-state index is -0.869. The van der Waals surface area contributed by atoms with Crippen LogP contribution in [-0.4, -0.2) is 17.0 Å². The maximum atomic E-state index is 12.4. The Morgan fingerprint density at radius 3 is 2.55 bits per heavy atom. The molecule has 0 saturated heterocycles. The van der Waals surface area contributed by atoms with Crippen molar-refractivity contribution in [3.05, 3.63) is 42.0 Å². The van der Waals surface area contributed by atoms with Gasteiger partial charge >= 0.3 is 5.97 Å². The number of benzene rings is 1. The molecule has 104 valence electrons. The molecule has 2 bridgehead atoms. The van der Waals surface area contributed by atoms with Crippen molar-refractivity contribution in [2.45, 2.75) is 13.3 Å². The molecule has 0 heterocycles. The molecule has 4 nitrogen and oxygen atoms in total. The molecule has 20 heavy (non-hydrogen) atoms. The summed E-state index contributed by atoms with van der Waals surface area (Å²) in [6.45, 7) is 1.95. The first-order valence-corrected chi connectivity index (χ1v) is 6.85. The van der Waals surface area contributed by atoms with Gasteiger partial charge in [0, 0.05) is 5.69 Å². The molecule has 2 N–H and O–H groups in total. The Morgan fingerprint density at radius 1 is 1.20 bits per heavy atom. The van der Waals surface area contributed by atoms with Gasteiger partial charge in [-0.1, -0.05) is 24.3 Å². The van der Waals surface area contributed by atoms with Crippen molar-refractivity contribution in [2.24, 2.45) is 23.7 Å². The molecule has 1 amide bonds. The Kier molecular flexibility index (Phi) is 3.08. The van der Waals surface area contributed by atoms with Crippen LogP contribution in [0.1, 0.15) is 12.0 Å². The summed E-state index contributed by atoms with van der Waals surface area (Å²) in [6.07, 6.45) is 4.72. The van der Waals surface area contributed by atoms with Gasteiger partial charge in [0.05, 0.1) is 11.8 Å². The first kappa shape index (κ1) is 12.9. The van der Waals surface area contributed by atoms with Gasteiger partial charge in [0.2, 0.25) is 5.91 Å². The van der Waals surface area contributed by atoms with Gasteiger partial charge in [-0.05, 0) is 42.9 Å². The quantitative estimate of drug-likeness (QED) is 0.830. The number of carboxylic acids is 1. The predicted octanol–water partition coefficient (Wildman–Crippen LogP) is 2.46. The fourth-order valence-electron chi connectivity index (χ4n) is 3.46. The Hall–Kier alpha value is -2.10. The van der Waals surface area contributed by atoms with Crippen LogP contribution in [-0.2, 0) is 9.59 Å². The number of carboxylic acid groups (broad SMARTS) is 1. The second-order valence-electron chi connectivity index (χ2n) is 5.70. The highest BCUT2D eigenvalue weighted by atomic mass is 16.4. The number of aryl methyl sites for hydroxylation is 1. The Bertz CT molecular complexity index is 593. The first-order valence-electron chi connectivity index (χ1n) is 6.85. The lowest BCUT2D eigenvalue weighted by atomic mass is 9.82. The summed E-state index contributed by atoms with van der Waals surface area (Å²) in [7, 11) is 0. The van der Waals surface area contributed by atoms with E-state index in [9.17, 15) is 14.7 Å². The van der Waals surface area contributed by atoms with Crippen LogP contribution in [0, 0.1) is 30.6 Å². The summed E-state index contributed by atoms with van der Waals surface area (Å²) >= 11 is 0. The molecule has 0 aromatic heterocycles. The largest absolute Gasteiger partial charge is 0.481 e. The lowest BCUT2D eigenvalue weighted by molar-refractivity contribution is -0.146. The number of carbonyl (C=O) groups excluding carboxylic acids is 1. The van der Waals surface area contributed by atoms with Gasteiger partial charge < -0.3 is 10.4 Å². The van der Waals surface area contributed by atoms with E-state index >= 15 is 0 Å². The molecular formula is C16H17NO3. The molecule has 1 aromatic carbocycles. The van der Waals surface area contributed by atoms with E-state index in [0.29, 0.717) is 0 Å². The molecular weight excluding hydrogens is 254 g/mol. The molecule has 2 aliphatic carbocycles. The molecule has 4 atom stereocenters. The van der Waals surface area contributed by atoms with Gasteiger partial charge in [-0.3, -0.25) is 9.59 Å². The second-order valence-corrected chi connectivity index (χ2v) is 5.70. The van der Waals surface area contributed by atoms with Crippen molar-refractivity contribution >= 4 is 17.6 Å². The van der Waals surface area contributed by atoms with E-state index in [1.54, 1.807) is 0 Å². The molecule has 0 aliphatic heterocycles. The molecule has 0 unspecified atom stereocenters. The zero-order valence-electron chi connectivity index (χ0n) is 11.2. The molecule has 1 saturated carbocycles. The van der Waals surface area contributed by atoms with Crippen molar-refractivity contribution in [3.8, 4) is 0 Å². The molecule has 1 aromatic rings. The lowest BCUT2D eigenvalue weighted by Gasteiger charge is -2.23. The van der Waals surface area contributed by atoms with Crippen LogP contribution in [0.15, 0.2) is 36.4 Å². The number of anilines is 1. The highest BCUT2D eigenvalue weighted by Gasteiger charge is 2.51. The van der Waals surface area contributed by atoms with E-state index in [1.807, 2.05) is 43.3 Å². The van der Waals surface area contributed by atoms with Crippen molar-refractivity contribution in [3.63, 3.8) is 0 Å². The normalized spacial score (nSPS) is 30.4. The number of carbonyl (C=O) groups is 2. The number of fused-ring (bicyclic) bond motifs is 2. The maximum Gasteiger partial charge on any atom is 0.307 e. The topological polar surface area (TPSA) is 66.4 Å². The average Bonchev–Trinajstić information content (AvgIpc) is 2.98. The molecule has 2 aliphatic rings. The lowest BCUT2D eigenvalue weighted by Crippen LogP contribution is -2.36. The fraction of sp³-hybridized carbons (Fsp3) is 0.375. The van der Waals surface area contributed by atoms with Gasteiger partial charge in [0.15, 0.2) is 0 Å². The smallest absolute Gasteiger partial charge is 0.307 e. The standard InChI is InChI=1S/C16H17NO3/c1-9-3-2-4-12(7-9)17-15(18)13-10-5-6-11(8-10)14(13)16(19)20/h2-7,10-11,13-14H,8H2,1H3,(H,17,18)(H,19,20)/t10-,11+,13-,14-/m0/s1. The Morgan fingerprint density at radius 2 is 1.90 bits per heavy atom. The average molecular weight is 271 g/mol. The predicted molar refractivity (Wildman–Crippen MR) is 75.2 cm³/mol. The van der Waals surface area contributed by atoms with Gasteiger partial charge in [-0.2, -0.15) is 0 Å². The first-order chi connectivity index (χ1) is 9.56. The minimum Gasteiger partial charge on any atom is -0.481 e. The van der Waals surface area contributed by atoms with Crippen molar-refractivity contribution in [2.75, 3.05) is 5.32 Å². The van der Waals surface area contributed by atoms with Crippen molar-refractivity contribution < 1.29 is 14.7 Å². The monoisotopic (exact) mass is 271 g/mol. The van der Waals surface area contributed by atoms with Crippen molar-refractivity contribution in [1.82, 2.24) is 0 Å².